The van der Waals surface area contributed by atoms with Gasteiger partial charge in [-0.2, -0.15) is 0 Å². The standard InChI is InChI=1S/C22H19Cl2N3O2/c1-27(18-8-3-2-4-9-18)22(29)15-6-5-7-16(12-15)25-14-21(28)26-17-10-11-19(23)20(24)13-17/h2-13,25H,14H2,1H3,(H,26,28). The molecule has 0 fully saturated rings. The Hall–Kier alpha value is -3.02. The van der Waals surface area contributed by atoms with Crippen LogP contribution in [-0.4, -0.2) is 25.4 Å². The van der Waals surface area contributed by atoms with E-state index in [1.807, 2.05) is 30.3 Å². The molecule has 0 bridgehead atoms. The Morgan fingerprint density at radius 3 is 2.34 bits per heavy atom. The van der Waals surface area contributed by atoms with E-state index in [1.165, 1.54) is 0 Å². The molecule has 0 heterocycles. The molecule has 0 aliphatic carbocycles. The van der Waals surface area contributed by atoms with Gasteiger partial charge in [0.1, 0.15) is 0 Å². The average molecular weight is 428 g/mol. The molecule has 0 aliphatic heterocycles. The van der Waals surface area contributed by atoms with Crippen LogP contribution in [0.2, 0.25) is 10.0 Å². The summed E-state index contributed by atoms with van der Waals surface area (Å²) in [5.41, 5.74) is 2.55. The number of halogens is 2. The van der Waals surface area contributed by atoms with Gasteiger partial charge in [-0.15, -0.1) is 0 Å². The summed E-state index contributed by atoms with van der Waals surface area (Å²) in [6, 6.07) is 21.3. The summed E-state index contributed by atoms with van der Waals surface area (Å²) in [6.45, 7) is 0.0341. The predicted molar refractivity (Wildman–Crippen MR) is 119 cm³/mol. The Kier molecular flexibility index (Phi) is 6.75. The zero-order valence-corrected chi connectivity index (χ0v) is 17.2. The van der Waals surface area contributed by atoms with E-state index in [1.54, 1.807) is 54.4 Å². The summed E-state index contributed by atoms with van der Waals surface area (Å²) in [4.78, 5) is 26.5. The lowest BCUT2D eigenvalue weighted by atomic mass is 10.1. The van der Waals surface area contributed by atoms with Crippen molar-refractivity contribution in [1.82, 2.24) is 0 Å². The first-order valence-electron chi connectivity index (χ1n) is 8.86. The quantitative estimate of drug-likeness (QED) is 0.559. The zero-order chi connectivity index (χ0) is 20.8. The van der Waals surface area contributed by atoms with Crippen LogP contribution in [-0.2, 0) is 4.79 Å². The highest BCUT2D eigenvalue weighted by Gasteiger charge is 2.14. The highest BCUT2D eigenvalue weighted by Crippen LogP contribution is 2.25. The van der Waals surface area contributed by atoms with Gasteiger partial charge in [0.05, 0.1) is 16.6 Å². The molecule has 0 aromatic heterocycles. The highest BCUT2D eigenvalue weighted by molar-refractivity contribution is 6.42. The van der Waals surface area contributed by atoms with Crippen LogP contribution in [0.4, 0.5) is 17.1 Å². The zero-order valence-electron chi connectivity index (χ0n) is 15.7. The van der Waals surface area contributed by atoms with Crippen LogP contribution >= 0.6 is 23.2 Å². The molecule has 2 amide bonds. The normalized spacial score (nSPS) is 10.3. The van der Waals surface area contributed by atoms with Gasteiger partial charge in [0.2, 0.25) is 5.91 Å². The molecule has 3 aromatic rings. The number of nitrogens with one attached hydrogen (secondary N) is 2. The van der Waals surface area contributed by atoms with Crippen molar-refractivity contribution in [2.75, 3.05) is 29.1 Å². The maximum atomic E-state index is 12.7. The van der Waals surface area contributed by atoms with Gasteiger partial charge < -0.3 is 15.5 Å². The minimum absolute atomic E-state index is 0.0341. The van der Waals surface area contributed by atoms with E-state index in [0.717, 1.165) is 5.69 Å². The second-order valence-electron chi connectivity index (χ2n) is 6.31. The first-order chi connectivity index (χ1) is 13.9. The number of hydrogen-bond acceptors (Lipinski definition) is 3. The van der Waals surface area contributed by atoms with Gasteiger partial charge in [-0.3, -0.25) is 9.59 Å². The molecular formula is C22H19Cl2N3O2. The number of anilines is 3. The van der Waals surface area contributed by atoms with Crippen molar-refractivity contribution in [3.8, 4) is 0 Å². The molecule has 0 aliphatic rings. The van der Waals surface area contributed by atoms with Crippen LogP contribution in [0.15, 0.2) is 72.8 Å². The Morgan fingerprint density at radius 2 is 1.62 bits per heavy atom. The lowest BCUT2D eigenvalue weighted by Crippen LogP contribution is -2.26. The average Bonchev–Trinajstić information content (AvgIpc) is 2.74. The summed E-state index contributed by atoms with van der Waals surface area (Å²) in [5.74, 6) is -0.387. The van der Waals surface area contributed by atoms with Crippen LogP contribution in [0, 0.1) is 0 Å². The number of carbonyl (C=O) groups is 2. The number of hydrogen-bond donors (Lipinski definition) is 2. The molecule has 29 heavy (non-hydrogen) atoms. The Labute approximate surface area is 179 Å². The van der Waals surface area contributed by atoms with Gasteiger partial charge in [0.25, 0.3) is 5.91 Å². The third-order valence-corrected chi connectivity index (χ3v) is 4.95. The molecule has 7 heteroatoms. The first kappa shape index (κ1) is 20.7. The van der Waals surface area contributed by atoms with E-state index in [-0.39, 0.29) is 18.4 Å². The molecule has 3 aromatic carbocycles. The third-order valence-electron chi connectivity index (χ3n) is 4.21. The van der Waals surface area contributed by atoms with Gasteiger partial charge in [-0.1, -0.05) is 47.5 Å². The van der Waals surface area contributed by atoms with Gasteiger partial charge in [0.15, 0.2) is 0 Å². The molecule has 5 nitrogen and oxygen atoms in total. The van der Waals surface area contributed by atoms with Crippen LogP contribution in [0.3, 0.4) is 0 Å². The van der Waals surface area contributed by atoms with E-state index in [2.05, 4.69) is 10.6 Å². The molecule has 148 valence electrons. The molecule has 0 saturated carbocycles. The van der Waals surface area contributed by atoms with Gasteiger partial charge in [-0.25, -0.2) is 0 Å². The van der Waals surface area contributed by atoms with Crippen molar-refractivity contribution < 1.29 is 9.59 Å². The van der Waals surface area contributed by atoms with Crippen LogP contribution in [0.25, 0.3) is 0 Å². The van der Waals surface area contributed by atoms with Crippen molar-refractivity contribution in [3.05, 3.63) is 88.4 Å². The molecule has 0 spiro atoms. The molecule has 0 atom stereocenters. The van der Waals surface area contributed by atoms with Crippen molar-refractivity contribution >= 4 is 52.1 Å². The van der Waals surface area contributed by atoms with E-state index in [9.17, 15) is 9.59 Å². The fraction of sp³-hybridized carbons (Fsp3) is 0.0909. The maximum Gasteiger partial charge on any atom is 0.258 e. The van der Waals surface area contributed by atoms with E-state index < -0.39 is 0 Å². The van der Waals surface area contributed by atoms with Crippen molar-refractivity contribution in [2.24, 2.45) is 0 Å². The Bertz CT molecular complexity index is 1030. The van der Waals surface area contributed by atoms with Gasteiger partial charge in [-0.05, 0) is 48.5 Å². The van der Waals surface area contributed by atoms with Crippen LogP contribution in [0.5, 0.6) is 0 Å². The number of rotatable bonds is 6. The predicted octanol–water partition coefficient (Wildman–Crippen LogP) is 5.32. The lowest BCUT2D eigenvalue weighted by molar-refractivity contribution is -0.114. The number of para-hydroxylation sites is 1. The molecule has 0 saturated heterocycles. The minimum atomic E-state index is -0.249. The smallest absolute Gasteiger partial charge is 0.258 e. The molecule has 0 radical (unpaired) electrons. The summed E-state index contributed by atoms with van der Waals surface area (Å²) in [6.07, 6.45) is 0. The Morgan fingerprint density at radius 1 is 0.862 bits per heavy atom. The summed E-state index contributed by atoms with van der Waals surface area (Å²) >= 11 is 11.8. The van der Waals surface area contributed by atoms with Gasteiger partial charge in [0, 0.05) is 29.7 Å². The molecule has 2 N–H and O–H groups in total. The third kappa shape index (κ3) is 5.50. The molecular weight excluding hydrogens is 409 g/mol. The summed E-state index contributed by atoms with van der Waals surface area (Å²) < 4.78 is 0. The Balaban J connectivity index is 1.61. The van der Waals surface area contributed by atoms with E-state index >= 15 is 0 Å². The van der Waals surface area contributed by atoms with Gasteiger partial charge >= 0.3 is 0 Å². The largest absolute Gasteiger partial charge is 0.376 e. The lowest BCUT2D eigenvalue weighted by Gasteiger charge is -2.18. The monoisotopic (exact) mass is 427 g/mol. The summed E-state index contributed by atoms with van der Waals surface area (Å²) in [7, 11) is 1.72. The number of carbonyl (C=O) groups excluding carboxylic acids is 2. The van der Waals surface area contributed by atoms with Crippen molar-refractivity contribution in [1.29, 1.82) is 0 Å². The maximum absolute atomic E-state index is 12.7. The topological polar surface area (TPSA) is 61.4 Å². The second-order valence-corrected chi connectivity index (χ2v) is 7.13. The fourth-order valence-corrected chi connectivity index (χ4v) is 2.98. The van der Waals surface area contributed by atoms with Crippen LogP contribution in [0.1, 0.15) is 10.4 Å². The number of nitrogens with zero attached hydrogens (tertiary/aromatic N) is 1. The number of benzene rings is 3. The minimum Gasteiger partial charge on any atom is -0.376 e. The van der Waals surface area contributed by atoms with E-state index in [0.29, 0.717) is 27.0 Å². The highest BCUT2D eigenvalue weighted by atomic mass is 35.5. The molecule has 0 unspecified atom stereocenters. The van der Waals surface area contributed by atoms with Crippen LogP contribution < -0.4 is 15.5 Å². The van der Waals surface area contributed by atoms with Crippen molar-refractivity contribution in [3.63, 3.8) is 0 Å². The second kappa shape index (κ2) is 9.45. The molecule has 3 rings (SSSR count). The van der Waals surface area contributed by atoms with E-state index in [4.69, 9.17) is 23.2 Å². The first-order valence-corrected chi connectivity index (χ1v) is 9.61. The SMILES string of the molecule is CN(C(=O)c1cccc(NCC(=O)Nc2ccc(Cl)c(Cl)c2)c1)c1ccccc1. The van der Waals surface area contributed by atoms with Crippen molar-refractivity contribution in [2.45, 2.75) is 0 Å². The number of amides is 2. The summed E-state index contributed by atoms with van der Waals surface area (Å²) in [5, 5.41) is 6.55. The fourth-order valence-electron chi connectivity index (χ4n) is 2.69.